The predicted molar refractivity (Wildman–Crippen MR) is 74.4 cm³/mol. The van der Waals surface area contributed by atoms with Crippen LogP contribution in [0.3, 0.4) is 0 Å². The van der Waals surface area contributed by atoms with Gasteiger partial charge in [-0.1, -0.05) is 11.2 Å². The van der Waals surface area contributed by atoms with Crippen LogP contribution in [0.25, 0.3) is 0 Å². The smallest absolute Gasteiger partial charge is 0.255 e. The maximum absolute atomic E-state index is 12.2. The average molecular weight is 275 g/mol. The Morgan fingerprint density at radius 2 is 2.30 bits per heavy atom. The largest absolute Gasteiger partial charge is 0.491 e. The molecular formula is C14H17N3O3. The summed E-state index contributed by atoms with van der Waals surface area (Å²) >= 11 is 0. The van der Waals surface area contributed by atoms with Crippen molar-refractivity contribution in [1.29, 1.82) is 0 Å². The van der Waals surface area contributed by atoms with Crippen molar-refractivity contribution in [3.05, 3.63) is 41.3 Å². The minimum Gasteiger partial charge on any atom is -0.491 e. The first-order valence-electron chi connectivity index (χ1n) is 6.33. The molecule has 3 N–H and O–H groups in total. The van der Waals surface area contributed by atoms with E-state index in [1.807, 2.05) is 13.8 Å². The van der Waals surface area contributed by atoms with E-state index >= 15 is 0 Å². The first-order chi connectivity index (χ1) is 9.61. The SMILES string of the molecule is CCOc1c(N)cccc1C(=O)NCc1cc(C)no1. The van der Waals surface area contributed by atoms with Gasteiger partial charge in [-0.2, -0.15) is 0 Å². The zero-order chi connectivity index (χ0) is 14.5. The molecule has 2 aromatic rings. The minimum atomic E-state index is -0.269. The van der Waals surface area contributed by atoms with E-state index in [2.05, 4.69) is 10.5 Å². The second-order valence-electron chi connectivity index (χ2n) is 4.27. The van der Waals surface area contributed by atoms with Crippen LogP contribution in [0.15, 0.2) is 28.8 Å². The number of para-hydroxylation sites is 1. The lowest BCUT2D eigenvalue weighted by Gasteiger charge is -2.12. The van der Waals surface area contributed by atoms with E-state index in [4.69, 9.17) is 15.0 Å². The molecule has 0 aliphatic carbocycles. The van der Waals surface area contributed by atoms with Crippen molar-refractivity contribution < 1.29 is 14.1 Å². The molecule has 1 aromatic heterocycles. The Kier molecular flexibility index (Phi) is 4.24. The van der Waals surface area contributed by atoms with Gasteiger partial charge in [-0.05, 0) is 26.0 Å². The predicted octanol–water partition coefficient (Wildman–Crippen LogP) is 1.89. The van der Waals surface area contributed by atoms with Gasteiger partial charge in [-0.3, -0.25) is 4.79 Å². The average Bonchev–Trinajstić information content (AvgIpc) is 2.84. The second-order valence-corrected chi connectivity index (χ2v) is 4.27. The summed E-state index contributed by atoms with van der Waals surface area (Å²) in [5.41, 5.74) is 7.44. The molecule has 0 unspecified atom stereocenters. The summed E-state index contributed by atoms with van der Waals surface area (Å²) in [4.78, 5) is 12.2. The van der Waals surface area contributed by atoms with Gasteiger partial charge in [0.25, 0.3) is 5.91 Å². The summed E-state index contributed by atoms with van der Waals surface area (Å²) < 4.78 is 10.5. The van der Waals surface area contributed by atoms with Crippen LogP contribution in [0.2, 0.25) is 0 Å². The number of aryl methyl sites for hydroxylation is 1. The van der Waals surface area contributed by atoms with E-state index in [1.54, 1.807) is 24.3 Å². The van der Waals surface area contributed by atoms with Crippen molar-refractivity contribution in [3.8, 4) is 5.75 Å². The zero-order valence-corrected chi connectivity index (χ0v) is 11.5. The van der Waals surface area contributed by atoms with Crippen LogP contribution in [0.4, 0.5) is 5.69 Å². The number of aromatic nitrogens is 1. The lowest BCUT2D eigenvalue weighted by molar-refractivity contribution is 0.0943. The molecule has 2 rings (SSSR count). The number of nitrogens with zero attached hydrogens (tertiary/aromatic N) is 1. The first-order valence-corrected chi connectivity index (χ1v) is 6.33. The monoisotopic (exact) mass is 275 g/mol. The molecule has 6 heteroatoms. The third kappa shape index (κ3) is 3.09. The molecule has 1 heterocycles. The van der Waals surface area contributed by atoms with E-state index in [0.29, 0.717) is 29.4 Å². The quantitative estimate of drug-likeness (QED) is 0.813. The molecule has 1 amide bonds. The van der Waals surface area contributed by atoms with Gasteiger partial charge >= 0.3 is 0 Å². The number of nitrogen functional groups attached to an aromatic ring is 1. The van der Waals surface area contributed by atoms with Crippen LogP contribution < -0.4 is 15.8 Å². The highest BCUT2D eigenvalue weighted by Gasteiger charge is 2.15. The van der Waals surface area contributed by atoms with Crippen molar-refractivity contribution in [1.82, 2.24) is 10.5 Å². The Hall–Kier alpha value is -2.50. The zero-order valence-electron chi connectivity index (χ0n) is 11.5. The number of hydrogen-bond acceptors (Lipinski definition) is 5. The number of nitrogens with two attached hydrogens (primary N) is 1. The highest BCUT2D eigenvalue weighted by atomic mass is 16.5. The van der Waals surface area contributed by atoms with Gasteiger partial charge in [0.05, 0.1) is 30.1 Å². The van der Waals surface area contributed by atoms with Crippen molar-refractivity contribution in [3.63, 3.8) is 0 Å². The number of benzene rings is 1. The molecule has 0 saturated heterocycles. The fraction of sp³-hybridized carbons (Fsp3) is 0.286. The maximum atomic E-state index is 12.2. The minimum absolute atomic E-state index is 0.264. The van der Waals surface area contributed by atoms with Gasteiger partial charge < -0.3 is 20.3 Å². The van der Waals surface area contributed by atoms with Crippen molar-refractivity contribution in [2.75, 3.05) is 12.3 Å². The first kappa shape index (κ1) is 13.9. The van der Waals surface area contributed by atoms with Crippen LogP contribution in [-0.4, -0.2) is 17.7 Å². The van der Waals surface area contributed by atoms with E-state index in [-0.39, 0.29) is 12.5 Å². The number of ether oxygens (including phenoxy) is 1. The molecule has 20 heavy (non-hydrogen) atoms. The molecule has 0 atom stereocenters. The summed E-state index contributed by atoms with van der Waals surface area (Å²) in [5, 5.41) is 6.50. The Bertz CT molecular complexity index is 607. The second kappa shape index (κ2) is 6.10. The number of hydrogen-bond donors (Lipinski definition) is 2. The van der Waals surface area contributed by atoms with Crippen molar-refractivity contribution in [2.24, 2.45) is 0 Å². The third-order valence-electron chi connectivity index (χ3n) is 2.68. The lowest BCUT2D eigenvalue weighted by Crippen LogP contribution is -2.23. The molecule has 0 aliphatic heterocycles. The number of amides is 1. The van der Waals surface area contributed by atoms with E-state index < -0.39 is 0 Å². The number of nitrogens with one attached hydrogen (secondary N) is 1. The molecule has 1 aromatic carbocycles. The van der Waals surface area contributed by atoms with Gasteiger partial charge in [-0.25, -0.2) is 0 Å². The number of carbonyl (C=O) groups is 1. The van der Waals surface area contributed by atoms with Crippen molar-refractivity contribution >= 4 is 11.6 Å². The highest BCUT2D eigenvalue weighted by molar-refractivity contribution is 5.98. The Morgan fingerprint density at radius 1 is 1.50 bits per heavy atom. The fourth-order valence-electron chi connectivity index (χ4n) is 1.80. The Morgan fingerprint density at radius 3 is 2.95 bits per heavy atom. The topological polar surface area (TPSA) is 90.4 Å². The van der Waals surface area contributed by atoms with E-state index in [0.717, 1.165) is 5.69 Å². The van der Waals surface area contributed by atoms with Crippen LogP contribution in [0.1, 0.15) is 28.7 Å². The molecule has 106 valence electrons. The summed E-state index contributed by atoms with van der Waals surface area (Å²) in [6.45, 7) is 4.36. The summed E-state index contributed by atoms with van der Waals surface area (Å²) in [6.07, 6.45) is 0. The molecule has 0 fully saturated rings. The molecule has 0 saturated carbocycles. The highest BCUT2D eigenvalue weighted by Crippen LogP contribution is 2.26. The van der Waals surface area contributed by atoms with Gasteiger partial charge in [0.1, 0.15) is 0 Å². The van der Waals surface area contributed by atoms with Gasteiger partial charge in [0.15, 0.2) is 11.5 Å². The van der Waals surface area contributed by atoms with Gasteiger partial charge in [0.2, 0.25) is 0 Å². The maximum Gasteiger partial charge on any atom is 0.255 e. The van der Waals surface area contributed by atoms with Gasteiger partial charge in [0, 0.05) is 6.07 Å². The molecular weight excluding hydrogens is 258 g/mol. The molecule has 0 bridgehead atoms. The molecule has 6 nitrogen and oxygen atoms in total. The van der Waals surface area contributed by atoms with E-state index in [9.17, 15) is 4.79 Å². The van der Waals surface area contributed by atoms with Crippen molar-refractivity contribution in [2.45, 2.75) is 20.4 Å². The third-order valence-corrected chi connectivity index (χ3v) is 2.68. The summed E-state index contributed by atoms with van der Waals surface area (Å²) in [7, 11) is 0. The summed E-state index contributed by atoms with van der Waals surface area (Å²) in [6, 6.07) is 6.85. The fourth-order valence-corrected chi connectivity index (χ4v) is 1.80. The lowest BCUT2D eigenvalue weighted by atomic mass is 10.1. The van der Waals surface area contributed by atoms with Crippen LogP contribution in [0, 0.1) is 6.92 Å². The Labute approximate surface area is 116 Å². The number of carbonyl (C=O) groups excluding carboxylic acids is 1. The van der Waals surface area contributed by atoms with E-state index in [1.165, 1.54) is 0 Å². The van der Waals surface area contributed by atoms with Gasteiger partial charge in [-0.15, -0.1) is 0 Å². The number of anilines is 1. The summed E-state index contributed by atoms with van der Waals surface area (Å²) in [5.74, 6) is 0.730. The van der Waals surface area contributed by atoms with Crippen LogP contribution >= 0.6 is 0 Å². The van der Waals surface area contributed by atoms with Crippen LogP contribution in [-0.2, 0) is 6.54 Å². The molecule has 0 radical (unpaired) electrons. The van der Waals surface area contributed by atoms with Crippen LogP contribution in [0.5, 0.6) is 5.75 Å². The molecule has 0 aliphatic rings. The number of rotatable bonds is 5. The standard InChI is InChI=1S/C14H17N3O3/c1-3-19-13-11(5-4-6-12(13)15)14(18)16-8-10-7-9(2)17-20-10/h4-7H,3,8,15H2,1-2H3,(H,16,18). The molecule has 0 spiro atoms. The normalized spacial score (nSPS) is 10.3. The Balaban J connectivity index is 2.10.